The molecule has 1 aliphatic heterocycles. The molecule has 6 heteroatoms. The van der Waals surface area contributed by atoms with Crippen LogP contribution >= 0.6 is 0 Å². The number of aliphatic hydroxyl groups is 2. The Balaban J connectivity index is 2.85. The number of amides is 1. The Labute approximate surface area is 93.6 Å². The van der Waals surface area contributed by atoms with Gasteiger partial charge in [-0.05, 0) is 13.8 Å². The summed E-state index contributed by atoms with van der Waals surface area (Å²) in [6.07, 6.45) is -3.45. The van der Waals surface area contributed by atoms with Crippen molar-refractivity contribution >= 4 is 5.91 Å². The van der Waals surface area contributed by atoms with Crippen LogP contribution in [0.15, 0.2) is 12.7 Å². The second kappa shape index (κ2) is 4.50. The van der Waals surface area contributed by atoms with Gasteiger partial charge in [-0.3, -0.25) is 4.79 Å². The first-order chi connectivity index (χ1) is 7.28. The Morgan fingerprint density at radius 2 is 2.06 bits per heavy atom. The first-order valence-electron chi connectivity index (χ1n) is 4.92. The second-order valence-electron chi connectivity index (χ2n) is 4.14. The lowest BCUT2D eigenvalue weighted by Gasteiger charge is -2.23. The Bertz CT molecular complexity index is 291. The van der Waals surface area contributed by atoms with Gasteiger partial charge in [0.2, 0.25) is 5.91 Å². The van der Waals surface area contributed by atoms with Crippen molar-refractivity contribution in [1.29, 1.82) is 0 Å². The van der Waals surface area contributed by atoms with Gasteiger partial charge in [0.1, 0.15) is 18.3 Å². The molecule has 0 aromatic carbocycles. The summed E-state index contributed by atoms with van der Waals surface area (Å²) in [4.78, 5) is 11.1. The van der Waals surface area contributed by atoms with E-state index in [0.717, 1.165) is 6.08 Å². The first-order valence-corrected chi connectivity index (χ1v) is 4.92. The summed E-state index contributed by atoms with van der Waals surface area (Å²) in [5, 5.41) is 19.1. The van der Waals surface area contributed by atoms with Gasteiger partial charge in [0.25, 0.3) is 0 Å². The molecule has 0 aromatic rings. The lowest BCUT2D eigenvalue weighted by Crippen LogP contribution is -2.47. The van der Waals surface area contributed by atoms with Gasteiger partial charge in [-0.2, -0.15) is 0 Å². The predicted octanol–water partition coefficient (Wildman–Crippen LogP) is -1.10. The molecule has 6 nitrogen and oxygen atoms in total. The third-order valence-electron chi connectivity index (χ3n) is 2.34. The van der Waals surface area contributed by atoms with Crippen LogP contribution in [0.4, 0.5) is 0 Å². The molecule has 1 fully saturated rings. The lowest BCUT2D eigenvalue weighted by molar-refractivity contribution is -0.162. The van der Waals surface area contributed by atoms with E-state index in [9.17, 15) is 15.0 Å². The number of hydrogen-bond donors (Lipinski definition) is 3. The number of ether oxygens (including phenoxy) is 2. The fourth-order valence-corrected chi connectivity index (χ4v) is 1.59. The van der Waals surface area contributed by atoms with E-state index in [2.05, 4.69) is 6.58 Å². The van der Waals surface area contributed by atoms with Crippen LogP contribution in [0.25, 0.3) is 0 Å². The molecule has 0 unspecified atom stereocenters. The number of hydrogen-bond acceptors (Lipinski definition) is 5. The average molecular weight is 231 g/mol. The predicted molar refractivity (Wildman–Crippen MR) is 55.2 cm³/mol. The largest absolute Gasteiger partial charge is 0.387 e. The molecule has 1 amide bonds. The molecule has 0 aromatic heterocycles. The highest BCUT2D eigenvalue weighted by atomic mass is 16.8. The molecule has 1 heterocycles. The van der Waals surface area contributed by atoms with Gasteiger partial charge >= 0.3 is 0 Å². The summed E-state index contributed by atoms with van der Waals surface area (Å²) in [6.45, 7) is 6.52. The average Bonchev–Trinajstić information content (AvgIpc) is 2.52. The van der Waals surface area contributed by atoms with Gasteiger partial charge in [0.15, 0.2) is 11.9 Å². The molecule has 1 aliphatic rings. The van der Waals surface area contributed by atoms with Gasteiger partial charge in [0, 0.05) is 0 Å². The standard InChI is InChI=1S/C10H17NO5/c1-4-5(12)6(13)7-8(9(11)14)16-10(2,3)15-7/h4-8,12-13H,1H2,2-3H3,(H2,11,14)/t5-,6+,7+,8-/m0/s1. The Hall–Kier alpha value is -0.950. The third kappa shape index (κ3) is 2.59. The molecule has 0 radical (unpaired) electrons. The summed E-state index contributed by atoms with van der Waals surface area (Å²) in [7, 11) is 0. The van der Waals surface area contributed by atoms with E-state index in [0.29, 0.717) is 0 Å². The normalized spacial score (nSPS) is 32.0. The zero-order valence-corrected chi connectivity index (χ0v) is 9.29. The van der Waals surface area contributed by atoms with Crippen molar-refractivity contribution in [2.75, 3.05) is 0 Å². The highest BCUT2D eigenvalue weighted by molar-refractivity contribution is 5.80. The molecule has 1 saturated heterocycles. The summed E-state index contributed by atoms with van der Waals surface area (Å²) >= 11 is 0. The van der Waals surface area contributed by atoms with E-state index in [-0.39, 0.29) is 0 Å². The molecule has 4 atom stereocenters. The number of nitrogens with two attached hydrogens (primary N) is 1. The maximum Gasteiger partial charge on any atom is 0.249 e. The smallest absolute Gasteiger partial charge is 0.249 e. The number of carbonyl (C=O) groups is 1. The van der Waals surface area contributed by atoms with Gasteiger partial charge in [0.05, 0.1) is 0 Å². The van der Waals surface area contributed by atoms with Gasteiger partial charge in [-0.1, -0.05) is 6.08 Å². The molecule has 92 valence electrons. The summed E-state index contributed by atoms with van der Waals surface area (Å²) in [5.74, 6) is -1.77. The number of carbonyl (C=O) groups excluding carboxylic acids is 1. The van der Waals surface area contributed by atoms with Gasteiger partial charge in [-0.25, -0.2) is 0 Å². The molecular formula is C10H17NO5. The Morgan fingerprint density at radius 3 is 2.50 bits per heavy atom. The van der Waals surface area contributed by atoms with Crippen LogP contribution in [0.1, 0.15) is 13.8 Å². The zero-order chi connectivity index (χ0) is 12.5. The number of primary amides is 1. The maximum absolute atomic E-state index is 11.1. The van der Waals surface area contributed by atoms with Crippen molar-refractivity contribution in [1.82, 2.24) is 0 Å². The molecule has 0 spiro atoms. The van der Waals surface area contributed by atoms with Crippen molar-refractivity contribution in [2.45, 2.75) is 44.1 Å². The fraction of sp³-hybridized carbons (Fsp3) is 0.700. The van der Waals surface area contributed by atoms with Crippen molar-refractivity contribution in [3.8, 4) is 0 Å². The second-order valence-corrected chi connectivity index (χ2v) is 4.14. The van der Waals surface area contributed by atoms with Crippen molar-refractivity contribution in [3.05, 3.63) is 12.7 Å². The Kier molecular flexibility index (Phi) is 3.69. The molecule has 16 heavy (non-hydrogen) atoms. The van der Waals surface area contributed by atoms with Crippen LogP contribution in [0.2, 0.25) is 0 Å². The van der Waals surface area contributed by atoms with Crippen molar-refractivity contribution in [3.63, 3.8) is 0 Å². The highest BCUT2D eigenvalue weighted by Gasteiger charge is 2.48. The topological polar surface area (TPSA) is 102 Å². The minimum Gasteiger partial charge on any atom is -0.387 e. The van der Waals surface area contributed by atoms with E-state index < -0.39 is 36.1 Å². The van der Waals surface area contributed by atoms with Gasteiger partial charge < -0.3 is 25.4 Å². The quantitative estimate of drug-likeness (QED) is 0.533. The summed E-state index contributed by atoms with van der Waals surface area (Å²) in [5.41, 5.74) is 5.13. The first kappa shape index (κ1) is 13.1. The van der Waals surface area contributed by atoms with Crippen LogP contribution in [0.5, 0.6) is 0 Å². The monoisotopic (exact) mass is 231 g/mol. The molecule has 0 bridgehead atoms. The minimum absolute atomic E-state index is 0.745. The van der Waals surface area contributed by atoms with E-state index in [4.69, 9.17) is 15.2 Å². The van der Waals surface area contributed by atoms with Crippen LogP contribution in [0.3, 0.4) is 0 Å². The van der Waals surface area contributed by atoms with E-state index >= 15 is 0 Å². The number of aliphatic hydroxyl groups excluding tert-OH is 2. The molecular weight excluding hydrogens is 214 g/mol. The van der Waals surface area contributed by atoms with Gasteiger partial charge in [-0.15, -0.1) is 6.58 Å². The fourth-order valence-electron chi connectivity index (χ4n) is 1.59. The number of rotatable bonds is 4. The molecule has 4 N–H and O–H groups in total. The molecule has 1 rings (SSSR count). The summed E-state index contributed by atoms with van der Waals surface area (Å²) < 4.78 is 10.6. The van der Waals surface area contributed by atoms with Crippen molar-refractivity contribution < 1.29 is 24.5 Å². The Morgan fingerprint density at radius 1 is 1.50 bits per heavy atom. The van der Waals surface area contributed by atoms with Crippen LogP contribution in [0, 0.1) is 0 Å². The van der Waals surface area contributed by atoms with E-state index in [1.54, 1.807) is 13.8 Å². The SMILES string of the molecule is C=C[C@H](O)[C@@H](O)[C@H]1OC(C)(C)O[C@@H]1C(N)=O. The minimum atomic E-state index is -1.31. The van der Waals surface area contributed by atoms with Crippen LogP contribution in [-0.4, -0.2) is 46.3 Å². The molecule has 0 aliphatic carbocycles. The zero-order valence-electron chi connectivity index (χ0n) is 9.29. The lowest BCUT2D eigenvalue weighted by atomic mass is 10.0. The van der Waals surface area contributed by atoms with Crippen molar-refractivity contribution in [2.24, 2.45) is 5.73 Å². The van der Waals surface area contributed by atoms with E-state index in [1.807, 2.05) is 0 Å². The van der Waals surface area contributed by atoms with Crippen LogP contribution < -0.4 is 5.73 Å². The van der Waals surface area contributed by atoms with E-state index in [1.165, 1.54) is 0 Å². The third-order valence-corrected chi connectivity index (χ3v) is 2.34. The highest BCUT2D eigenvalue weighted by Crippen LogP contribution is 2.30. The maximum atomic E-state index is 11.1. The summed E-state index contributed by atoms with van der Waals surface area (Å²) in [6, 6.07) is 0. The molecule has 0 saturated carbocycles. The van der Waals surface area contributed by atoms with Crippen LogP contribution in [-0.2, 0) is 14.3 Å².